The van der Waals surface area contributed by atoms with E-state index in [0.717, 1.165) is 5.92 Å². The predicted octanol–water partition coefficient (Wildman–Crippen LogP) is 4.14. The Morgan fingerprint density at radius 2 is 1.82 bits per heavy atom. The van der Waals surface area contributed by atoms with Crippen LogP contribution in [0.4, 0.5) is 0 Å². The maximum atomic E-state index is 4.92. The van der Waals surface area contributed by atoms with E-state index in [4.69, 9.17) is 4.98 Å². The molecule has 1 heterocycles. The van der Waals surface area contributed by atoms with E-state index in [1.165, 1.54) is 62.2 Å². The second kappa shape index (κ2) is 4.47. The normalized spacial score (nSPS) is 33.4. The first-order chi connectivity index (χ1) is 8.24. The molecule has 2 aliphatic rings. The average Bonchev–Trinajstić information content (AvgIpc) is 2.75. The van der Waals surface area contributed by atoms with Gasteiger partial charge >= 0.3 is 0 Å². The third kappa shape index (κ3) is 2.14. The van der Waals surface area contributed by atoms with E-state index in [-0.39, 0.29) is 0 Å². The number of hydrogen-bond donors (Lipinski definition) is 1. The number of aromatic nitrogens is 2. The summed E-state index contributed by atoms with van der Waals surface area (Å²) in [5, 5.41) is 0. The second-order valence-corrected chi connectivity index (χ2v) is 6.24. The Labute approximate surface area is 104 Å². The van der Waals surface area contributed by atoms with Gasteiger partial charge in [-0.3, -0.25) is 0 Å². The van der Waals surface area contributed by atoms with Crippen LogP contribution in [0.5, 0.6) is 0 Å². The van der Waals surface area contributed by atoms with Crippen molar-refractivity contribution in [2.45, 2.75) is 70.6 Å². The fraction of sp³-hybridized carbons (Fsp3) is 0.800. The molecule has 0 saturated heterocycles. The van der Waals surface area contributed by atoms with E-state index in [2.05, 4.69) is 18.8 Å². The zero-order valence-electron chi connectivity index (χ0n) is 11.1. The molecule has 1 unspecified atom stereocenters. The van der Waals surface area contributed by atoms with Crippen LogP contribution in [0.1, 0.15) is 81.4 Å². The van der Waals surface area contributed by atoms with Crippen molar-refractivity contribution >= 4 is 0 Å². The van der Waals surface area contributed by atoms with Crippen LogP contribution >= 0.6 is 0 Å². The molecule has 94 valence electrons. The summed E-state index contributed by atoms with van der Waals surface area (Å²) in [5.74, 6) is 3.61. The number of nitrogens with one attached hydrogen (secondary N) is 1. The summed E-state index contributed by atoms with van der Waals surface area (Å²) in [5.41, 5.74) is 2.82. The van der Waals surface area contributed by atoms with Crippen LogP contribution in [-0.2, 0) is 6.42 Å². The summed E-state index contributed by atoms with van der Waals surface area (Å²) in [6.45, 7) is 4.71. The van der Waals surface area contributed by atoms with Gasteiger partial charge in [-0.05, 0) is 38.0 Å². The first-order valence-electron chi connectivity index (χ1n) is 7.32. The number of H-pyrrole nitrogens is 1. The third-order valence-electron chi connectivity index (χ3n) is 4.76. The van der Waals surface area contributed by atoms with E-state index in [9.17, 15) is 0 Å². The lowest BCUT2D eigenvalue weighted by molar-refractivity contribution is 0.340. The molecule has 1 saturated carbocycles. The monoisotopic (exact) mass is 232 g/mol. The number of aryl methyl sites for hydroxylation is 1. The Morgan fingerprint density at radius 1 is 1.06 bits per heavy atom. The third-order valence-corrected chi connectivity index (χ3v) is 4.76. The Kier molecular flexibility index (Phi) is 2.97. The zero-order chi connectivity index (χ0) is 11.8. The van der Waals surface area contributed by atoms with Crippen molar-refractivity contribution in [1.29, 1.82) is 0 Å². The number of aromatic amines is 1. The summed E-state index contributed by atoms with van der Waals surface area (Å²) < 4.78 is 0. The highest BCUT2D eigenvalue weighted by atomic mass is 15.0. The number of nitrogens with zero attached hydrogens (tertiary/aromatic N) is 1. The number of fused-ring (bicyclic) bond motifs is 1. The topological polar surface area (TPSA) is 28.7 Å². The van der Waals surface area contributed by atoms with Gasteiger partial charge in [0.2, 0.25) is 0 Å². The molecule has 2 aliphatic carbocycles. The van der Waals surface area contributed by atoms with Crippen LogP contribution in [0, 0.1) is 5.92 Å². The molecule has 2 heteroatoms. The minimum absolute atomic E-state index is 0.672. The molecule has 1 atom stereocenters. The maximum absolute atomic E-state index is 4.92. The van der Waals surface area contributed by atoms with Crippen molar-refractivity contribution in [1.82, 2.24) is 9.97 Å². The molecule has 1 aromatic heterocycles. The molecule has 0 aromatic carbocycles. The van der Waals surface area contributed by atoms with E-state index in [1.807, 2.05) is 0 Å². The number of imidazole rings is 1. The van der Waals surface area contributed by atoms with Crippen molar-refractivity contribution in [2.75, 3.05) is 0 Å². The Bertz CT molecular complexity index is 386. The van der Waals surface area contributed by atoms with Crippen LogP contribution in [0.2, 0.25) is 0 Å². The van der Waals surface area contributed by atoms with E-state index in [0.29, 0.717) is 11.8 Å². The van der Waals surface area contributed by atoms with Crippen molar-refractivity contribution in [3.8, 4) is 0 Å². The van der Waals surface area contributed by atoms with Gasteiger partial charge < -0.3 is 4.98 Å². The van der Waals surface area contributed by atoms with Gasteiger partial charge in [0.05, 0.1) is 5.69 Å². The molecule has 2 nitrogen and oxygen atoms in total. The predicted molar refractivity (Wildman–Crippen MR) is 70.3 cm³/mol. The molecule has 3 rings (SSSR count). The summed E-state index contributed by atoms with van der Waals surface area (Å²) in [7, 11) is 0. The minimum atomic E-state index is 0.672. The SMILES string of the molecule is CC1CCC(c2nc3c([nH]2)CCCC3C)CC1. The van der Waals surface area contributed by atoms with Gasteiger partial charge in [-0.1, -0.05) is 26.7 Å². The second-order valence-electron chi connectivity index (χ2n) is 6.24. The van der Waals surface area contributed by atoms with Crippen LogP contribution in [0.15, 0.2) is 0 Å². The molecule has 0 bridgehead atoms. The zero-order valence-corrected chi connectivity index (χ0v) is 11.1. The highest BCUT2D eigenvalue weighted by molar-refractivity contribution is 5.23. The lowest BCUT2D eigenvalue weighted by Gasteiger charge is -2.24. The van der Waals surface area contributed by atoms with Crippen molar-refractivity contribution in [3.05, 3.63) is 17.2 Å². The lowest BCUT2D eigenvalue weighted by Crippen LogP contribution is -2.12. The molecule has 0 radical (unpaired) electrons. The van der Waals surface area contributed by atoms with Crippen molar-refractivity contribution in [2.24, 2.45) is 5.92 Å². The van der Waals surface area contributed by atoms with E-state index < -0.39 is 0 Å². The fourth-order valence-corrected chi connectivity index (χ4v) is 3.49. The van der Waals surface area contributed by atoms with E-state index in [1.54, 1.807) is 0 Å². The van der Waals surface area contributed by atoms with Gasteiger partial charge in [0, 0.05) is 17.5 Å². The summed E-state index contributed by atoms with van der Waals surface area (Å²) in [4.78, 5) is 8.56. The Balaban J connectivity index is 1.80. The summed E-state index contributed by atoms with van der Waals surface area (Å²) in [6, 6.07) is 0. The molecule has 0 amide bonds. The maximum Gasteiger partial charge on any atom is 0.109 e. The molecule has 17 heavy (non-hydrogen) atoms. The van der Waals surface area contributed by atoms with Crippen LogP contribution in [-0.4, -0.2) is 9.97 Å². The van der Waals surface area contributed by atoms with Gasteiger partial charge in [-0.2, -0.15) is 0 Å². The van der Waals surface area contributed by atoms with Gasteiger partial charge in [-0.15, -0.1) is 0 Å². The summed E-state index contributed by atoms with van der Waals surface area (Å²) >= 11 is 0. The first-order valence-corrected chi connectivity index (χ1v) is 7.32. The van der Waals surface area contributed by atoms with Crippen LogP contribution in [0.3, 0.4) is 0 Å². The van der Waals surface area contributed by atoms with Crippen LogP contribution in [0.25, 0.3) is 0 Å². The first kappa shape index (κ1) is 11.3. The summed E-state index contributed by atoms with van der Waals surface area (Å²) in [6.07, 6.45) is 9.30. The molecular weight excluding hydrogens is 208 g/mol. The Hall–Kier alpha value is -0.790. The van der Waals surface area contributed by atoms with Gasteiger partial charge in [0.25, 0.3) is 0 Å². The van der Waals surface area contributed by atoms with Crippen molar-refractivity contribution < 1.29 is 0 Å². The fourth-order valence-electron chi connectivity index (χ4n) is 3.49. The Morgan fingerprint density at radius 3 is 2.53 bits per heavy atom. The average molecular weight is 232 g/mol. The number of hydrogen-bond acceptors (Lipinski definition) is 1. The highest BCUT2D eigenvalue weighted by Gasteiger charge is 2.26. The van der Waals surface area contributed by atoms with Crippen molar-refractivity contribution in [3.63, 3.8) is 0 Å². The molecule has 1 N–H and O–H groups in total. The largest absolute Gasteiger partial charge is 0.345 e. The molecule has 1 fully saturated rings. The minimum Gasteiger partial charge on any atom is -0.345 e. The lowest BCUT2D eigenvalue weighted by atomic mass is 9.83. The molecular formula is C15H24N2. The quantitative estimate of drug-likeness (QED) is 0.774. The standard InChI is InChI=1S/C15H24N2/c1-10-6-8-12(9-7-10)15-16-13-5-3-4-11(2)14(13)17-15/h10-12H,3-9H2,1-2H3,(H,16,17). The van der Waals surface area contributed by atoms with Gasteiger partial charge in [-0.25, -0.2) is 4.98 Å². The smallest absolute Gasteiger partial charge is 0.109 e. The molecule has 0 spiro atoms. The van der Waals surface area contributed by atoms with Gasteiger partial charge in [0.15, 0.2) is 0 Å². The molecule has 1 aromatic rings. The highest BCUT2D eigenvalue weighted by Crippen LogP contribution is 2.37. The van der Waals surface area contributed by atoms with E-state index >= 15 is 0 Å². The van der Waals surface area contributed by atoms with Gasteiger partial charge in [0.1, 0.15) is 5.82 Å². The molecule has 0 aliphatic heterocycles. The van der Waals surface area contributed by atoms with Crippen LogP contribution < -0.4 is 0 Å². The number of rotatable bonds is 1.